The van der Waals surface area contributed by atoms with E-state index in [0.29, 0.717) is 17.4 Å². The molecule has 0 radical (unpaired) electrons. The van der Waals surface area contributed by atoms with E-state index < -0.39 is 5.82 Å². The van der Waals surface area contributed by atoms with Crippen molar-refractivity contribution in [3.8, 4) is 5.75 Å². The lowest BCUT2D eigenvalue weighted by Gasteiger charge is -2.28. The summed E-state index contributed by atoms with van der Waals surface area (Å²) in [5, 5.41) is 0.318. The highest BCUT2D eigenvalue weighted by molar-refractivity contribution is 6.30. The van der Waals surface area contributed by atoms with Crippen molar-refractivity contribution in [2.75, 3.05) is 0 Å². The number of rotatable bonds is 7. The summed E-state index contributed by atoms with van der Waals surface area (Å²) in [4.78, 5) is 0. The molecule has 2 aromatic rings. The van der Waals surface area contributed by atoms with Crippen LogP contribution < -0.4 is 4.74 Å². The first-order valence-corrected chi connectivity index (χ1v) is 8.12. The minimum absolute atomic E-state index is 0.114. The summed E-state index contributed by atoms with van der Waals surface area (Å²) in [7, 11) is 0. The van der Waals surface area contributed by atoms with E-state index in [4.69, 9.17) is 21.1 Å². The molecule has 2 atom stereocenters. The maximum absolute atomic E-state index is 13.4. The molecule has 0 N–H and O–H groups in total. The lowest BCUT2D eigenvalue weighted by Crippen LogP contribution is -2.35. The van der Waals surface area contributed by atoms with Crippen molar-refractivity contribution in [2.45, 2.75) is 39.6 Å². The molecule has 0 aliphatic heterocycles. The number of halogens is 2. The molecule has 0 saturated carbocycles. The molecule has 0 amide bonds. The molecule has 0 spiro atoms. The average molecular weight is 337 g/mol. The summed E-state index contributed by atoms with van der Waals surface area (Å²) in [6.45, 7) is 6.60. The smallest absolute Gasteiger partial charge is 0.128 e. The van der Waals surface area contributed by atoms with Crippen LogP contribution >= 0.6 is 11.6 Å². The Balaban J connectivity index is 2.01. The molecule has 23 heavy (non-hydrogen) atoms. The Morgan fingerprint density at radius 1 is 1.04 bits per heavy atom. The molecule has 0 aliphatic carbocycles. The quantitative estimate of drug-likeness (QED) is 0.665. The van der Waals surface area contributed by atoms with Crippen LogP contribution in [0.3, 0.4) is 0 Å². The van der Waals surface area contributed by atoms with Crippen molar-refractivity contribution in [1.82, 2.24) is 0 Å². The topological polar surface area (TPSA) is 18.5 Å². The first-order chi connectivity index (χ1) is 11.0. The molecule has 2 rings (SSSR count). The first kappa shape index (κ1) is 17.8. The van der Waals surface area contributed by atoms with E-state index in [-0.39, 0.29) is 18.1 Å². The molecule has 0 aliphatic rings. The third-order valence-corrected chi connectivity index (χ3v) is 3.78. The highest BCUT2D eigenvalue weighted by atomic mass is 35.5. The fraction of sp³-hybridized carbons (Fsp3) is 0.368. The molecule has 0 fully saturated rings. The van der Waals surface area contributed by atoms with Crippen molar-refractivity contribution in [3.63, 3.8) is 0 Å². The Morgan fingerprint density at radius 3 is 2.35 bits per heavy atom. The van der Waals surface area contributed by atoms with Gasteiger partial charge in [-0.25, -0.2) is 4.39 Å². The second-order valence-corrected chi connectivity index (χ2v) is 6.37. The van der Waals surface area contributed by atoms with Gasteiger partial charge in [-0.1, -0.05) is 55.8 Å². The van der Waals surface area contributed by atoms with Gasteiger partial charge in [0.2, 0.25) is 0 Å². The van der Waals surface area contributed by atoms with Gasteiger partial charge in [0.15, 0.2) is 0 Å². The lowest BCUT2D eigenvalue weighted by atomic mass is 10.0. The van der Waals surface area contributed by atoms with Crippen molar-refractivity contribution < 1.29 is 13.9 Å². The zero-order valence-corrected chi connectivity index (χ0v) is 14.4. The van der Waals surface area contributed by atoms with E-state index >= 15 is 0 Å². The highest BCUT2D eigenvalue weighted by Crippen LogP contribution is 2.24. The fourth-order valence-electron chi connectivity index (χ4n) is 2.51. The Labute approximate surface area is 142 Å². The zero-order valence-electron chi connectivity index (χ0n) is 13.6. The van der Waals surface area contributed by atoms with Crippen LogP contribution in [0, 0.1) is 11.7 Å². The molecule has 2 nitrogen and oxygen atoms in total. The first-order valence-electron chi connectivity index (χ1n) is 7.74. The zero-order chi connectivity index (χ0) is 16.8. The van der Waals surface area contributed by atoms with Crippen LogP contribution in [0.1, 0.15) is 26.3 Å². The summed E-state index contributed by atoms with van der Waals surface area (Å²) < 4.78 is 25.3. The molecule has 124 valence electrons. The molecule has 0 aromatic heterocycles. The molecule has 2 unspecified atom stereocenters. The predicted molar refractivity (Wildman–Crippen MR) is 91.4 cm³/mol. The van der Waals surface area contributed by atoms with Crippen LogP contribution in [0.4, 0.5) is 4.39 Å². The highest BCUT2D eigenvalue weighted by Gasteiger charge is 2.23. The van der Waals surface area contributed by atoms with E-state index in [2.05, 4.69) is 13.8 Å². The molecule has 0 heterocycles. The van der Waals surface area contributed by atoms with E-state index in [1.807, 2.05) is 37.3 Å². The van der Waals surface area contributed by atoms with Gasteiger partial charge in [0.25, 0.3) is 0 Å². The molecule has 0 bridgehead atoms. The van der Waals surface area contributed by atoms with Crippen LogP contribution in [0.15, 0.2) is 48.5 Å². The summed E-state index contributed by atoms with van der Waals surface area (Å²) in [6, 6.07) is 14.2. The third kappa shape index (κ3) is 5.52. The number of hydrogen-bond acceptors (Lipinski definition) is 2. The van der Waals surface area contributed by atoms with Crippen molar-refractivity contribution in [3.05, 3.63) is 64.9 Å². The molecular formula is C19H22ClFO2. The Hall–Kier alpha value is -1.58. The number of ether oxygens (including phenoxy) is 2. The van der Waals surface area contributed by atoms with Crippen LogP contribution in [0.25, 0.3) is 0 Å². The second-order valence-electron chi connectivity index (χ2n) is 5.93. The fourth-order valence-corrected chi connectivity index (χ4v) is 2.73. The van der Waals surface area contributed by atoms with Crippen LogP contribution in [-0.4, -0.2) is 12.2 Å². The third-order valence-electron chi connectivity index (χ3n) is 3.56. The summed E-state index contributed by atoms with van der Waals surface area (Å²) in [5.41, 5.74) is 1.11. The molecule has 4 heteroatoms. The van der Waals surface area contributed by atoms with E-state index in [1.54, 1.807) is 6.07 Å². The monoisotopic (exact) mass is 336 g/mol. The Morgan fingerprint density at radius 2 is 1.74 bits per heavy atom. The normalized spacial score (nSPS) is 13.8. The van der Waals surface area contributed by atoms with Gasteiger partial charge < -0.3 is 9.47 Å². The Bertz CT molecular complexity index is 596. The van der Waals surface area contributed by atoms with E-state index in [9.17, 15) is 4.39 Å². The van der Waals surface area contributed by atoms with Crippen LogP contribution in [-0.2, 0) is 11.3 Å². The SMILES string of the molecule is CC(C)C(OCc1ccccc1)C(C)Oc1cc(F)cc(Cl)c1. The van der Waals surface area contributed by atoms with Gasteiger partial charge in [-0.15, -0.1) is 0 Å². The van der Waals surface area contributed by atoms with Crippen LogP contribution in [0.2, 0.25) is 5.02 Å². The molecule has 0 saturated heterocycles. The van der Waals surface area contributed by atoms with E-state index in [0.717, 1.165) is 5.56 Å². The van der Waals surface area contributed by atoms with Gasteiger partial charge in [0.05, 0.1) is 12.7 Å². The second kappa shape index (κ2) is 8.32. The largest absolute Gasteiger partial charge is 0.488 e. The maximum Gasteiger partial charge on any atom is 0.128 e. The minimum atomic E-state index is -0.411. The number of benzene rings is 2. The average Bonchev–Trinajstić information content (AvgIpc) is 2.47. The molecular weight excluding hydrogens is 315 g/mol. The van der Waals surface area contributed by atoms with Crippen LogP contribution in [0.5, 0.6) is 5.75 Å². The van der Waals surface area contributed by atoms with Gasteiger partial charge in [0.1, 0.15) is 17.7 Å². The van der Waals surface area contributed by atoms with E-state index in [1.165, 1.54) is 12.1 Å². The van der Waals surface area contributed by atoms with Gasteiger partial charge in [-0.2, -0.15) is 0 Å². The summed E-state index contributed by atoms with van der Waals surface area (Å²) in [5.74, 6) is 0.264. The maximum atomic E-state index is 13.4. The lowest BCUT2D eigenvalue weighted by molar-refractivity contribution is -0.0528. The predicted octanol–water partition coefficient (Wildman–Crippen LogP) is 5.49. The van der Waals surface area contributed by atoms with Gasteiger partial charge >= 0.3 is 0 Å². The van der Waals surface area contributed by atoms with Gasteiger partial charge in [-0.3, -0.25) is 0 Å². The van der Waals surface area contributed by atoms with Gasteiger partial charge in [0, 0.05) is 11.1 Å². The molecule has 2 aromatic carbocycles. The summed E-state index contributed by atoms with van der Waals surface area (Å²) >= 11 is 5.87. The van der Waals surface area contributed by atoms with Gasteiger partial charge in [-0.05, 0) is 30.5 Å². The standard InChI is InChI=1S/C19H22ClFO2/c1-13(2)19(22-12-15-7-5-4-6-8-15)14(3)23-18-10-16(20)9-17(21)11-18/h4-11,13-14,19H,12H2,1-3H3. The Kier molecular flexibility index (Phi) is 6.43. The minimum Gasteiger partial charge on any atom is -0.488 e. The van der Waals surface area contributed by atoms with Crippen molar-refractivity contribution >= 4 is 11.6 Å². The van der Waals surface area contributed by atoms with Crippen molar-refractivity contribution in [1.29, 1.82) is 0 Å². The summed E-state index contributed by atoms with van der Waals surface area (Å²) in [6.07, 6.45) is -0.339. The van der Waals surface area contributed by atoms with Crippen molar-refractivity contribution in [2.24, 2.45) is 5.92 Å². The number of hydrogen-bond donors (Lipinski definition) is 0.